The van der Waals surface area contributed by atoms with Gasteiger partial charge in [0.2, 0.25) is 0 Å². The number of anilines is 1. The zero-order chi connectivity index (χ0) is 19.8. The highest BCUT2D eigenvalue weighted by atomic mass is 16.5. The van der Waals surface area contributed by atoms with E-state index in [2.05, 4.69) is 10.4 Å². The molecule has 8 nitrogen and oxygen atoms in total. The smallest absolute Gasteiger partial charge is 0.409 e. The molecule has 28 heavy (non-hydrogen) atoms. The topological polar surface area (TPSA) is 98.4 Å². The summed E-state index contributed by atoms with van der Waals surface area (Å²) < 4.78 is 8.64. The molecule has 0 atom stereocenters. The van der Waals surface area contributed by atoms with E-state index < -0.39 is 6.09 Å². The number of aromatic nitrogens is 3. The van der Waals surface area contributed by atoms with Gasteiger partial charge in [-0.05, 0) is 23.8 Å². The van der Waals surface area contributed by atoms with Crippen molar-refractivity contribution in [2.45, 2.75) is 6.54 Å². The first kappa shape index (κ1) is 17.6. The van der Waals surface area contributed by atoms with Crippen molar-refractivity contribution in [1.82, 2.24) is 14.3 Å². The molecule has 0 bridgehead atoms. The van der Waals surface area contributed by atoms with Crippen LogP contribution in [0, 0.1) is 0 Å². The summed E-state index contributed by atoms with van der Waals surface area (Å²) in [5.41, 5.74) is 2.35. The average Bonchev–Trinajstić information content (AvgIpc) is 2.97. The van der Waals surface area contributed by atoms with Crippen molar-refractivity contribution in [2.75, 3.05) is 12.4 Å². The second kappa shape index (κ2) is 6.73. The van der Waals surface area contributed by atoms with Crippen LogP contribution < -0.4 is 15.6 Å². The van der Waals surface area contributed by atoms with Crippen LogP contribution in [0.1, 0.15) is 5.56 Å². The lowest BCUT2D eigenvalue weighted by molar-refractivity contribution is 0.210. The van der Waals surface area contributed by atoms with Crippen LogP contribution in [0.5, 0.6) is 5.75 Å². The number of methoxy groups -OCH3 is 1. The van der Waals surface area contributed by atoms with E-state index in [0.29, 0.717) is 17.0 Å². The lowest BCUT2D eigenvalue weighted by Gasteiger charge is -2.08. The van der Waals surface area contributed by atoms with E-state index in [1.807, 2.05) is 35.9 Å². The first-order valence-electron chi connectivity index (χ1n) is 8.59. The minimum Gasteiger partial charge on any atom is -0.495 e. The standard InChI is InChI=1S/C20H18N4O4/c1-23-17-14(7-4-8-16(17)28-2)15-10-21-24(19(25)18(15)23)11-12-5-3-6-13(9-12)22-20(26)27/h3-10,22H,11H2,1-2H3,(H,26,27). The van der Waals surface area contributed by atoms with Crippen LogP contribution in [0.2, 0.25) is 0 Å². The number of carboxylic acid groups (broad SMARTS) is 1. The number of ether oxygens (including phenoxy) is 1. The molecule has 142 valence electrons. The molecule has 4 aromatic rings. The molecule has 2 N–H and O–H groups in total. The van der Waals surface area contributed by atoms with Gasteiger partial charge in [0.1, 0.15) is 11.3 Å². The van der Waals surface area contributed by atoms with Crippen LogP contribution in [0.3, 0.4) is 0 Å². The lowest BCUT2D eigenvalue weighted by atomic mass is 10.2. The van der Waals surface area contributed by atoms with Gasteiger partial charge in [0, 0.05) is 23.5 Å². The van der Waals surface area contributed by atoms with E-state index in [0.717, 1.165) is 21.9 Å². The Labute approximate surface area is 159 Å². The van der Waals surface area contributed by atoms with Gasteiger partial charge in [-0.2, -0.15) is 5.10 Å². The zero-order valence-corrected chi connectivity index (χ0v) is 15.3. The van der Waals surface area contributed by atoms with Gasteiger partial charge in [-0.25, -0.2) is 9.48 Å². The highest BCUT2D eigenvalue weighted by Gasteiger charge is 2.16. The molecule has 2 aromatic carbocycles. The van der Waals surface area contributed by atoms with E-state index in [-0.39, 0.29) is 12.1 Å². The number of hydrogen-bond donors (Lipinski definition) is 2. The SMILES string of the molecule is COc1cccc2c3cnn(Cc4cccc(NC(=O)O)c4)c(=O)c3n(C)c12. The van der Waals surface area contributed by atoms with Gasteiger partial charge in [0.25, 0.3) is 5.56 Å². The van der Waals surface area contributed by atoms with Gasteiger partial charge in [0.05, 0.1) is 25.4 Å². The first-order valence-corrected chi connectivity index (χ1v) is 8.59. The van der Waals surface area contributed by atoms with Gasteiger partial charge in [-0.1, -0.05) is 24.3 Å². The Balaban J connectivity index is 1.83. The molecule has 2 aromatic heterocycles. The zero-order valence-electron chi connectivity index (χ0n) is 15.3. The number of amides is 1. The van der Waals surface area contributed by atoms with Crippen molar-refractivity contribution in [1.29, 1.82) is 0 Å². The fourth-order valence-corrected chi connectivity index (χ4v) is 3.52. The van der Waals surface area contributed by atoms with Crippen LogP contribution >= 0.6 is 0 Å². The summed E-state index contributed by atoms with van der Waals surface area (Å²) in [5, 5.41) is 17.2. The fourth-order valence-electron chi connectivity index (χ4n) is 3.52. The highest BCUT2D eigenvalue weighted by molar-refractivity contribution is 6.09. The number of para-hydroxylation sites is 1. The summed E-state index contributed by atoms with van der Waals surface area (Å²) in [6.45, 7) is 0.225. The second-order valence-electron chi connectivity index (χ2n) is 6.42. The van der Waals surface area contributed by atoms with E-state index in [4.69, 9.17) is 9.84 Å². The Bertz CT molecular complexity index is 1270. The minimum absolute atomic E-state index is 0.225. The molecule has 2 heterocycles. The van der Waals surface area contributed by atoms with Crippen LogP contribution in [0.15, 0.2) is 53.5 Å². The maximum absolute atomic E-state index is 13.1. The average molecular weight is 378 g/mol. The summed E-state index contributed by atoms with van der Waals surface area (Å²) in [5.74, 6) is 0.689. The molecule has 0 unspecified atom stereocenters. The van der Waals surface area contributed by atoms with Gasteiger partial charge < -0.3 is 14.4 Å². The van der Waals surface area contributed by atoms with Crippen molar-refractivity contribution in [3.63, 3.8) is 0 Å². The summed E-state index contributed by atoms with van der Waals surface area (Å²) in [7, 11) is 3.43. The van der Waals surface area contributed by atoms with E-state index in [9.17, 15) is 9.59 Å². The van der Waals surface area contributed by atoms with E-state index in [1.165, 1.54) is 4.68 Å². The number of fused-ring (bicyclic) bond motifs is 3. The highest BCUT2D eigenvalue weighted by Crippen LogP contribution is 2.32. The van der Waals surface area contributed by atoms with Crippen LogP contribution in [-0.4, -0.2) is 32.7 Å². The molecule has 0 fully saturated rings. The summed E-state index contributed by atoms with van der Waals surface area (Å²) >= 11 is 0. The number of hydrogen-bond acceptors (Lipinski definition) is 4. The molecule has 0 aliphatic rings. The second-order valence-corrected chi connectivity index (χ2v) is 6.42. The van der Waals surface area contributed by atoms with Crippen LogP contribution in [-0.2, 0) is 13.6 Å². The number of aryl methyl sites for hydroxylation is 1. The molecule has 0 saturated heterocycles. The third-order valence-corrected chi connectivity index (χ3v) is 4.71. The molecule has 0 aliphatic carbocycles. The first-order chi connectivity index (χ1) is 13.5. The molecule has 0 spiro atoms. The number of nitrogens with zero attached hydrogens (tertiary/aromatic N) is 3. The van der Waals surface area contributed by atoms with Crippen molar-refractivity contribution in [3.8, 4) is 5.75 Å². The van der Waals surface area contributed by atoms with Crippen LogP contribution in [0.4, 0.5) is 10.5 Å². The predicted molar refractivity (Wildman–Crippen MR) is 106 cm³/mol. The molecule has 0 aliphatic heterocycles. The molecule has 8 heteroatoms. The number of benzene rings is 2. The largest absolute Gasteiger partial charge is 0.495 e. The van der Waals surface area contributed by atoms with Gasteiger partial charge in [-0.3, -0.25) is 10.1 Å². The molecule has 1 amide bonds. The number of carbonyl (C=O) groups is 1. The van der Waals surface area contributed by atoms with E-state index >= 15 is 0 Å². The summed E-state index contributed by atoms with van der Waals surface area (Å²) in [6, 6.07) is 12.5. The Morgan fingerprint density at radius 1 is 1.18 bits per heavy atom. The van der Waals surface area contributed by atoms with Crippen molar-refractivity contribution in [2.24, 2.45) is 7.05 Å². The normalized spacial score (nSPS) is 11.1. The Kier molecular flexibility index (Phi) is 4.23. The third kappa shape index (κ3) is 2.84. The molecular formula is C20H18N4O4. The van der Waals surface area contributed by atoms with E-state index in [1.54, 1.807) is 31.5 Å². The molecule has 0 saturated carbocycles. The fraction of sp³-hybridized carbons (Fsp3) is 0.150. The Morgan fingerprint density at radius 2 is 1.96 bits per heavy atom. The molecule has 4 rings (SSSR count). The maximum Gasteiger partial charge on any atom is 0.409 e. The van der Waals surface area contributed by atoms with Gasteiger partial charge in [-0.15, -0.1) is 0 Å². The van der Waals surface area contributed by atoms with Gasteiger partial charge in [0.15, 0.2) is 0 Å². The third-order valence-electron chi connectivity index (χ3n) is 4.71. The predicted octanol–water partition coefficient (Wildman–Crippen LogP) is 3.04. The summed E-state index contributed by atoms with van der Waals surface area (Å²) in [6.07, 6.45) is 0.538. The monoisotopic (exact) mass is 378 g/mol. The van der Waals surface area contributed by atoms with Crippen molar-refractivity contribution >= 4 is 33.6 Å². The summed E-state index contributed by atoms with van der Waals surface area (Å²) in [4.78, 5) is 23.9. The maximum atomic E-state index is 13.1. The minimum atomic E-state index is -1.14. The van der Waals surface area contributed by atoms with Crippen molar-refractivity contribution < 1.29 is 14.6 Å². The Morgan fingerprint density at radius 3 is 2.71 bits per heavy atom. The van der Waals surface area contributed by atoms with Gasteiger partial charge >= 0.3 is 6.09 Å². The van der Waals surface area contributed by atoms with Crippen molar-refractivity contribution in [3.05, 3.63) is 64.6 Å². The lowest BCUT2D eigenvalue weighted by Crippen LogP contribution is -2.24. The molecule has 0 radical (unpaired) electrons. The number of nitrogens with one attached hydrogen (secondary N) is 1. The molecular weight excluding hydrogens is 360 g/mol. The Hall–Kier alpha value is -3.81. The number of rotatable bonds is 4. The van der Waals surface area contributed by atoms with Crippen LogP contribution in [0.25, 0.3) is 21.8 Å². The quantitative estimate of drug-likeness (QED) is 0.569.